The molecule has 0 bridgehead atoms. The number of ether oxygens (including phenoxy) is 1. The zero-order valence-electron chi connectivity index (χ0n) is 9.00. The SMILES string of the molecule is COCCC(C)C(NN)c1ccc(Br)o1. The van der Waals surface area contributed by atoms with E-state index in [4.69, 9.17) is 15.0 Å². The van der Waals surface area contributed by atoms with E-state index >= 15 is 0 Å². The van der Waals surface area contributed by atoms with Gasteiger partial charge in [0.05, 0.1) is 6.04 Å². The van der Waals surface area contributed by atoms with Crippen molar-refractivity contribution < 1.29 is 9.15 Å². The van der Waals surface area contributed by atoms with Gasteiger partial charge in [-0.2, -0.15) is 0 Å². The molecule has 0 aromatic carbocycles. The summed E-state index contributed by atoms with van der Waals surface area (Å²) in [7, 11) is 1.70. The molecule has 0 spiro atoms. The van der Waals surface area contributed by atoms with Crippen LogP contribution in [0.5, 0.6) is 0 Å². The smallest absolute Gasteiger partial charge is 0.169 e. The molecule has 0 radical (unpaired) electrons. The van der Waals surface area contributed by atoms with Crippen LogP contribution in [0.2, 0.25) is 0 Å². The third-order valence-electron chi connectivity index (χ3n) is 2.43. The number of halogens is 1. The van der Waals surface area contributed by atoms with Crippen molar-refractivity contribution in [2.75, 3.05) is 13.7 Å². The van der Waals surface area contributed by atoms with Crippen LogP contribution in [-0.4, -0.2) is 13.7 Å². The van der Waals surface area contributed by atoms with Crippen molar-refractivity contribution >= 4 is 15.9 Å². The van der Waals surface area contributed by atoms with E-state index in [0.717, 1.165) is 23.5 Å². The molecule has 0 amide bonds. The number of rotatable bonds is 6. The van der Waals surface area contributed by atoms with Crippen LogP contribution in [-0.2, 0) is 4.74 Å². The van der Waals surface area contributed by atoms with Crippen LogP contribution < -0.4 is 11.3 Å². The minimum atomic E-state index is 0.0199. The Morgan fingerprint density at radius 3 is 2.80 bits per heavy atom. The Labute approximate surface area is 98.3 Å². The summed E-state index contributed by atoms with van der Waals surface area (Å²) in [6.45, 7) is 2.83. The highest BCUT2D eigenvalue weighted by molar-refractivity contribution is 9.10. The molecule has 0 saturated heterocycles. The number of hydrazine groups is 1. The molecule has 0 aliphatic heterocycles. The first-order valence-electron chi connectivity index (χ1n) is 4.89. The van der Waals surface area contributed by atoms with E-state index in [2.05, 4.69) is 28.3 Å². The van der Waals surface area contributed by atoms with E-state index in [1.54, 1.807) is 7.11 Å². The van der Waals surface area contributed by atoms with Gasteiger partial charge in [0.25, 0.3) is 0 Å². The van der Waals surface area contributed by atoms with Crippen molar-refractivity contribution in [3.05, 3.63) is 22.6 Å². The molecule has 15 heavy (non-hydrogen) atoms. The molecule has 1 aromatic rings. The van der Waals surface area contributed by atoms with Crippen molar-refractivity contribution in [1.82, 2.24) is 5.43 Å². The van der Waals surface area contributed by atoms with Crippen LogP contribution in [0.25, 0.3) is 0 Å². The quantitative estimate of drug-likeness (QED) is 0.618. The van der Waals surface area contributed by atoms with Gasteiger partial charge in [0.1, 0.15) is 5.76 Å². The summed E-state index contributed by atoms with van der Waals surface area (Å²) in [6, 6.07) is 3.80. The lowest BCUT2D eigenvalue weighted by Crippen LogP contribution is -2.32. The number of nitrogens with one attached hydrogen (secondary N) is 1. The van der Waals surface area contributed by atoms with Gasteiger partial charge in [-0.15, -0.1) is 0 Å². The number of hydrogen-bond acceptors (Lipinski definition) is 4. The van der Waals surface area contributed by atoms with Gasteiger partial charge in [0, 0.05) is 13.7 Å². The van der Waals surface area contributed by atoms with E-state index in [1.165, 1.54) is 0 Å². The van der Waals surface area contributed by atoms with Crippen molar-refractivity contribution in [2.24, 2.45) is 11.8 Å². The first kappa shape index (κ1) is 12.7. The van der Waals surface area contributed by atoms with Crippen molar-refractivity contribution in [3.63, 3.8) is 0 Å². The predicted octanol–water partition coefficient (Wildman–Crippen LogP) is 2.22. The van der Waals surface area contributed by atoms with E-state index < -0.39 is 0 Å². The first-order valence-corrected chi connectivity index (χ1v) is 5.68. The Morgan fingerprint density at radius 2 is 2.33 bits per heavy atom. The maximum absolute atomic E-state index is 5.52. The summed E-state index contributed by atoms with van der Waals surface area (Å²) in [6.07, 6.45) is 0.934. The van der Waals surface area contributed by atoms with Gasteiger partial charge in [-0.05, 0) is 40.4 Å². The second kappa shape index (κ2) is 6.27. The third-order valence-corrected chi connectivity index (χ3v) is 2.85. The zero-order chi connectivity index (χ0) is 11.3. The summed E-state index contributed by atoms with van der Waals surface area (Å²) >= 11 is 3.27. The highest BCUT2D eigenvalue weighted by Gasteiger charge is 2.20. The minimum absolute atomic E-state index is 0.0199. The average Bonchev–Trinajstić information content (AvgIpc) is 2.63. The zero-order valence-corrected chi connectivity index (χ0v) is 10.6. The van der Waals surface area contributed by atoms with E-state index in [1.807, 2.05) is 12.1 Å². The maximum atomic E-state index is 5.52. The molecule has 1 rings (SSSR count). The molecule has 5 heteroatoms. The van der Waals surface area contributed by atoms with Crippen LogP contribution in [0.15, 0.2) is 21.2 Å². The molecule has 0 aliphatic rings. The number of methoxy groups -OCH3 is 1. The standard InChI is InChI=1S/C10H17BrN2O2/c1-7(5-6-14-2)10(13-12)8-3-4-9(11)15-8/h3-4,7,10,13H,5-6,12H2,1-2H3. The second-order valence-corrected chi connectivity index (χ2v) is 4.33. The molecule has 2 atom stereocenters. The monoisotopic (exact) mass is 276 g/mol. The molecule has 0 saturated carbocycles. The van der Waals surface area contributed by atoms with Gasteiger partial charge in [-0.25, -0.2) is 5.43 Å². The predicted molar refractivity (Wildman–Crippen MR) is 62.1 cm³/mol. The average molecular weight is 277 g/mol. The number of hydrogen-bond donors (Lipinski definition) is 2. The number of furan rings is 1. The van der Waals surface area contributed by atoms with E-state index in [9.17, 15) is 0 Å². The number of nitrogens with two attached hydrogens (primary N) is 1. The molecule has 0 aliphatic carbocycles. The fraction of sp³-hybridized carbons (Fsp3) is 0.600. The van der Waals surface area contributed by atoms with Gasteiger partial charge in [0.2, 0.25) is 0 Å². The van der Waals surface area contributed by atoms with Crippen LogP contribution >= 0.6 is 15.9 Å². The fourth-order valence-corrected chi connectivity index (χ4v) is 1.81. The summed E-state index contributed by atoms with van der Waals surface area (Å²) in [5.74, 6) is 6.72. The van der Waals surface area contributed by atoms with Crippen molar-refractivity contribution in [1.29, 1.82) is 0 Å². The largest absolute Gasteiger partial charge is 0.453 e. The van der Waals surface area contributed by atoms with Gasteiger partial charge < -0.3 is 9.15 Å². The lowest BCUT2D eigenvalue weighted by Gasteiger charge is -2.20. The first-order chi connectivity index (χ1) is 7.19. The molecule has 1 aromatic heterocycles. The highest BCUT2D eigenvalue weighted by Crippen LogP contribution is 2.27. The molecule has 0 fully saturated rings. The molecule has 2 unspecified atom stereocenters. The Balaban J connectivity index is 2.62. The van der Waals surface area contributed by atoms with Gasteiger partial charge >= 0.3 is 0 Å². The van der Waals surface area contributed by atoms with Gasteiger partial charge in [-0.3, -0.25) is 5.84 Å². The fourth-order valence-electron chi connectivity index (χ4n) is 1.49. The van der Waals surface area contributed by atoms with E-state index in [0.29, 0.717) is 5.92 Å². The molecular formula is C10H17BrN2O2. The molecular weight excluding hydrogens is 260 g/mol. The molecule has 3 N–H and O–H groups in total. The molecule has 4 nitrogen and oxygen atoms in total. The van der Waals surface area contributed by atoms with Crippen LogP contribution in [0.3, 0.4) is 0 Å². The van der Waals surface area contributed by atoms with E-state index in [-0.39, 0.29) is 6.04 Å². The second-order valence-electron chi connectivity index (χ2n) is 3.54. The van der Waals surface area contributed by atoms with Crippen LogP contribution in [0.4, 0.5) is 0 Å². The molecule has 1 heterocycles. The molecule has 86 valence electrons. The lowest BCUT2D eigenvalue weighted by atomic mass is 9.97. The van der Waals surface area contributed by atoms with Gasteiger partial charge in [0.15, 0.2) is 4.67 Å². The normalized spacial score (nSPS) is 15.2. The maximum Gasteiger partial charge on any atom is 0.169 e. The van der Waals surface area contributed by atoms with Crippen LogP contribution in [0.1, 0.15) is 25.1 Å². The third kappa shape index (κ3) is 3.61. The lowest BCUT2D eigenvalue weighted by molar-refractivity contribution is 0.166. The Bertz CT molecular complexity index is 291. The van der Waals surface area contributed by atoms with Crippen molar-refractivity contribution in [3.8, 4) is 0 Å². The Morgan fingerprint density at radius 1 is 1.60 bits per heavy atom. The Hall–Kier alpha value is -0.360. The summed E-state index contributed by atoms with van der Waals surface area (Å²) < 4.78 is 11.2. The highest BCUT2D eigenvalue weighted by atomic mass is 79.9. The van der Waals surface area contributed by atoms with Crippen LogP contribution in [0, 0.1) is 5.92 Å². The van der Waals surface area contributed by atoms with Crippen molar-refractivity contribution in [2.45, 2.75) is 19.4 Å². The Kier molecular flexibility index (Phi) is 5.31. The van der Waals surface area contributed by atoms with Gasteiger partial charge in [-0.1, -0.05) is 6.92 Å². The minimum Gasteiger partial charge on any atom is -0.453 e. The summed E-state index contributed by atoms with van der Waals surface area (Å²) in [4.78, 5) is 0. The summed E-state index contributed by atoms with van der Waals surface area (Å²) in [5.41, 5.74) is 2.77. The summed E-state index contributed by atoms with van der Waals surface area (Å²) in [5, 5.41) is 0. The topological polar surface area (TPSA) is 60.4 Å².